The van der Waals surface area contributed by atoms with Gasteiger partial charge in [-0.2, -0.15) is 0 Å². The molecular formula is C15H25N3O2. The van der Waals surface area contributed by atoms with Gasteiger partial charge in [-0.3, -0.25) is 4.98 Å². The smallest absolute Gasteiger partial charge is 0.315 e. The fourth-order valence-corrected chi connectivity index (χ4v) is 2.10. The van der Waals surface area contributed by atoms with E-state index in [0.29, 0.717) is 6.42 Å². The number of carbonyl (C=O) groups excluding carboxylic acids is 1. The maximum Gasteiger partial charge on any atom is 0.315 e. The van der Waals surface area contributed by atoms with Crippen LogP contribution in [0.1, 0.15) is 45.2 Å². The lowest BCUT2D eigenvalue weighted by atomic mass is 10.0. The summed E-state index contributed by atoms with van der Waals surface area (Å²) >= 11 is 0. The van der Waals surface area contributed by atoms with Gasteiger partial charge in [0.2, 0.25) is 0 Å². The maximum atomic E-state index is 12.1. The Hall–Kier alpha value is -1.62. The summed E-state index contributed by atoms with van der Waals surface area (Å²) in [6.45, 7) is 6.16. The van der Waals surface area contributed by atoms with Crippen LogP contribution in [0.2, 0.25) is 0 Å². The Morgan fingerprint density at radius 3 is 2.45 bits per heavy atom. The number of aliphatic hydroxyl groups is 1. The second-order valence-corrected chi connectivity index (χ2v) is 5.22. The van der Waals surface area contributed by atoms with Gasteiger partial charge in [-0.25, -0.2) is 4.79 Å². The molecule has 5 nitrogen and oxygen atoms in total. The van der Waals surface area contributed by atoms with Gasteiger partial charge in [0, 0.05) is 25.0 Å². The zero-order valence-electron chi connectivity index (χ0n) is 12.5. The quantitative estimate of drug-likeness (QED) is 0.716. The van der Waals surface area contributed by atoms with Gasteiger partial charge in [-0.05, 0) is 36.5 Å². The Labute approximate surface area is 120 Å². The summed E-state index contributed by atoms with van der Waals surface area (Å²) in [7, 11) is 0. The van der Waals surface area contributed by atoms with Crippen molar-refractivity contribution in [2.24, 2.45) is 5.92 Å². The van der Waals surface area contributed by atoms with Crippen LogP contribution in [0.15, 0.2) is 24.5 Å². The third-order valence-electron chi connectivity index (χ3n) is 3.38. The Morgan fingerprint density at radius 1 is 1.30 bits per heavy atom. The van der Waals surface area contributed by atoms with Gasteiger partial charge in [0.1, 0.15) is 0 Å². The highest BCUT2D eigenvalue weighted by molar-refractivity contribution is 5.74. The van der Waals surface area contributed by atoms with Crippen molar-refractivity contribution in [2.45, 2.75) is 45.7 Å². The molecule has 112 valence electrons. The van der Waals surface area contributed by atoms with Crippen LogP contribution >= 0.6 is 0 Å². The molecule has 0 fully saturated rings. The van der Waals surface area contributed by atoms with Gasteiger partial charge in [-0.15, -0.1) is 0 Å². The fraction of sp³-hybridized carbons (Fsp3) is 0.600. The van der Waals surface area contributed by atoms with E-state index in [1.54, 1.807) is 12.4 Å². The molecule has 5 heteroatoms. The Morgan fingerprint density at radius 2 is 1.95 bits per heavy atom. The predicted octanol–water partition coefficient (Wildman–Crippen LogP) is 2.24. The molecule has 3 N–H and O–H groups in total. The molecule has 0 aliphatic rings. The van der Waals surface area contributed by atoms with Gasteiger partial charge < -0.3 is 15.7 Å². The Kier molecular flexibility index (Phi) is 7.01. The van der Waals surface area contributed by atoms with Gasteiger partial charge in [0.05, 0.1) is 6.04 Å². The third-order valence-corrected chi connectivity index (χ3v) is 3.38. The topological polar surface area (TPSA) is 74.2 Å². The number of rotatable bonds is 7. The van der Waals surface area contributed by atoms with Crippen molar-refractivity contribution >= 4 is 6.03 Å². The summed E-state index contributed by atoms with van der Waals surface area (Å²) in [4.78, 5) is 16.0. The van der Waals surface area contributed by atoms with Crippen LogP contribution in [0, 0.1) is 5.92 Å². The van der Waals surface area contributed by atoms with Crippen LogP contribution in [0.3, 0.4) is 0 Å². The number of carbonyl (C=O) groups is 1. The SMILES string of the molecule is CCC(NC(=O)NC(CCO)C(C)C)c1ccncc1. The van der Waals surface area contributed by atoms with E-state index < -0.39 is 0 Å². The van der Waals surface area contributed by atoms with Crippen molar-refractivity contribution in [2.75, 3.05) is 6.61 Å². The first-order valence-electron chi connectivity index (χ1n) is 7.16. The minimum absolute atomic E-state index is 0.0186. The zero-order valence-corrected chi connectivity index (χ0v) is 12.5. The lowest BCUT2D eigenvalue weighted by Gasteiger charge is -2.24. The molecule has 0 saturated heterocycles. The minimum atomic E-state index is -0.194. The predicted molar refractivity (Wildman–Crippen MR) is 79.3 cm³/mol. The monoisotopic (exact) mass is 279 g/mol. The van der Waals surface area contributed by atoms with E-state index in [4.69, 9.17) is 5.11 Å². The van der Waals surface area contributed by atoms with E-state index in [9.17, 15) is 4.79 Å². The molecule has 20 heavy (non-hydrogen) atoms. The third kappa shape index (κ3) is 5.17. The van der Waals surface area contributed by atoms with Crippen molar-refractivity contribution < 1.29 is 9.90 Å². The number of aromatic nitrogens is 1. The number of nitrogens with one attached hydrogen (secondary N) is 2. The number of aliphatic hydroxyl groups excluding tert-OH is 1. The van der Waals surface area contributed by atoms with Crippen molar-refractivity contribution in [3.8, 4) is 0 Å². The Balaban J connectivity index is 2.59. The largest absolute Gasteiger partial charge is 0.396 e. The highest BCUT2D eigenvalue weighted by atomic mass is 16.3. The molecule has 0 aliphatic heterocycles. The molecule has 1 aromatic heterocycles. The van der Waals surface area contributed by atoms with Gasteiger partial charge >= 0.3 is 6.03 Å². The number of nitrogens with zero attached hydrogens (tertiary/aromatic N) is 1. The van der Waals surface area contributed by atoms with Crippen molar-refractivity contribution in [1.82, 2.24) is 15.6 Å². The molecule has 1 heterocycles. The highest BCUT2D eigenvalue weighted by Crippen LogP contribution is 2.15. The van der Waals surface area contributed by atoms with Crippen molar-refractivity contribution in [3.05, 3.63) is 30.1 Å². The number of urea groups is 1. The molecular weight excluding hydrogens is 254 g/mol. The van der Waals surface area contributed by atoms with Crippen LogP contribution in [0.4, 0.5) is 4.79 Å². The van der Waals surface area contributed by atoms with Gasteiger partial charge in [-0.1, -0.05) is 20.8 Å². The average Bonchev–Trinajstić information content (AvgIpc) is 2.45. The fourth-order valence-electron chi connectivity index (χ4n) is 2.10. The summed E-state index contributed by atoms with van der Waals surface area (Å²) in [5.74, 6) is 0.286. The molecule has 0 bridgehead atoms. The van der Waals surface area contributed by atoms with E-state index in [-0.39, 0.29) is 30.6 Å². The highest BCUT2D eigenvalue weighted by Gasteiger charge is 2.18. The average molecular weight is 279 g/mol. The number of pyridine rings is 1. The van der Waals surface area contributed by atoms with Crippen LogP contribution < -0.4 is 10.6 Å². The Bertz CT molecular complexity index is 395. The summed E-state index contributed by atoms with van der Waals surface area (Å²) < 4.78 is 0. The standard InChI is InChI=1S/C15H25N3O2/c1-4-13(12-5-8-16-9-6-12)17-15(20)18-14(7-10-19)11(2)3/h5-6,8-9,11,13-14,19H,4,7,10H2,1-3H3,(H2,17,18,20). The van der Waals surface area contributed by atoms with Gasteiger partial charge in [0.25, 0.3) is 0 Å². The van der Waals surface area contributed by atoms with Crippen LogP contribution in [-0.4, -0.2) is 28.8 Å². The molecule has 2 amide bonds. The summed E-state index contributed by atoms with van der Waals surface area (Å²) in [6.07, 6.45) is 4.82. The van der Waals surface area contributed by atoms with Crippen molar-refractivity contribution in [1.29, 1.82) is 0 Å². The zero-order chi connectivity index (χ0) is 15.0. The molecule has 0 spiro atoms. The normalized spacial score (nSPS) is 13.8. The van der Waals surface area contributed by atoms with E-state index >= 15 is 0 Å². The first-order chi connectivity index (χ1) is 9.58. The summed E-state index contributed by atoms with van der Waals surface area (Å²) in [5.41, 5.74) is 1.04. The second kappa shape index (κ2) is 8.53. The molecule has 2 atom stereocenters. The lowest BCUT2D eigenvalue weighted by Crippen LogP contribution is -2.45. The van der Waals surface area contributed by atoms with Crippen LogP contribution in [0.5, 0.6) is 0 Å². The summed E-state index contributed by atoms with van der Waals surface area (Å²) in [6, 6.07) is 3.57. The first-order valence-corrected chi connectivity index (χ1v) is 7.16. The number of amides is 2. The molecule has 0 aliphatic carbocycles. The molecule has 1 aromatic rings. The molecule has 1 rings (SSSR count). The van der Waals surface area contributed by atoms with Gasteiger partial charge in [0.15, 0.2) is 0 Å². The number of hydrogen-bond donors (Lipinski definition) is 3. The minimum Gasteiger partial charge on any atom is -0.396 e. The molecule has 0 radical (unpaired) electrons. The molecule has 2 unspecified atom stereocenters. The lowest BCUT2D eigenvalue weighted by molar-refractivity contribution is 0.216. The molecule has 0 aromatic carbocycles. The van der Waals surface area contributed by atoms with E-state index in [1.165, 1.54) is 0 Å². The van der Waals surface area contributed by atoms with E-state index in [1.807, 2.05) is 32.9 Å². The number of hydrogen-bond acceptors (Lipinski definition) is 3. The first kappa shape index (κ1) is 16.4. The maximum absolute atomic E-state index is 12.1. The van der Waals surface area contributed by atoms with E-state index in [2.05, 4.69) is 15.6 Å². The van der Waals surface area contributed by atoms with E-state index in [0.717, 1.165) is 12.0 Å². The summed E-state index contributed by atoms with van der Waals surface area (Å²) in [5, 5.41) is 14.9. The van der Waals surface area contributed by atoms with Crippen molar-refractivity contribution in [3.63, 3.8) is 0 Å². The van der Waals surface area contributed by atoms with Crippen LogP contribution in [-0.2, 0) is 0 Å². The van der Waals surface area contributed by atoms with Crippen LogP contribution in [0.25, 0.3) is 0 Å². The molecule has 0 saturated carbocycles. The second-order valence-electron chi connectivity index (χ2n) is 5.22.